The fourth-order valence-electron chi connectivity index (χ4n) is 3.75. The van der Waals surface area contributed by atoms with Gasteiger partial charge in [-0.1, -0.05) is 66.2 Å². The number of ether oxygens (including phenoxy) is 2. The monoisotopic (exact) mass is 564 g/mol. The van der Waals surface area contributed by atoms with Crippen LogP contribution in [0.3, 0.4) is 0 Å². The number of nitrogens with one attached hydrogen (secondary N) is 1. The Kier molecular flexibility index (Phi) is 8.53. The largest absolute Gasteiger partial charge is 0.495 e. The molecule has 8 nitrogen and oxygen atoms in total. The fourth-order valence-corrected chi connectivity index (χ4v) is 5.25. The SMILES string of the molecule is COc1ccc(NC(=O)[C@H](OC(=O)c2cccc(S(=O)(=O)N(C)c3ccccc3)c2)c2ccccc2)cc1Cl. The molecule has 1 atom stereocenters. The quantitative estimate of drug-likeness (QED) is 0.261. The molecule has 0 heterocycles. The lowest BCUT2D eigenvalue weighted by Crippen LogP contribution is -2.27. The number of para-hydroxylation sites is 1. The third-order valence-corrected chi connectivity index (χ3v) is 7.91. The van der Waals surface area contributed by atoms with Crippen LogP contribution in [0.2, 0.25) is 5.02 Å². The van der Waals surface area contributed by atoms with E-state index in [1.807, 2.05) is 0 Å². The second-order valence-electron chi connectivity index (χ2n) is 8.37. The highest BCUT2D eigenvalue weighted by Crippen LogP contribution is 2.29. The molecule has 0 aliphatic rings. The molecule has 0 unspecified atom stereocenters. The summed E-state index contributed by atoms with van der Waals surface area (Å²) < 4.78 is 38.3. The van der Waals surface area contributed by atoms with Crippen molar-refractivity contribution in [3.63, 3.8) is 0 Å². The lowest BCUT2D eigenvalue weighted by molar-refractivity contribution is -0.125. The van der Waals surface area contributed by atoms with Gasteiger partial charge in [-0.3, -0.25) is 9.10 Å². The summed E-state index contributed by atoms with van der Waals surface area (Å²) in [4.78, 5) is 26.3. The van der Waals surface area contributed by atoms with Crippen LogP contribution >= 0.6 is 11.6 Å². The average Bonchev–Trinajstić information content (AvgIpc) is 2.96. The highest BCUT2D eigenvalue weighted by molar-refractivity contribution is 7.92. The molecule has 1 amide bonds. The van der Waals surface area contributed by atoms with Crippen molar-refractivity contribution in [2.45, 2.75) is 11.0 Å². The van der Waals surface area contributed by atoms with E-state index in [1.54, 1.807) is 72.8 Å². The summed E-state index contributed by atoms with van der Waals surface area (Å²) in [5.41, 5.74) is 1.24. The average molecular weight is 565 g/mol. The topological polar surface area (TPSA) is 102 Å². The highest BCUT2D eigenvalue weighted by Gasteiger charge is 2.28. The van der Waals surface area contributed by atoms with Crippen molar-refractivity contribution in [3.05, 3.63) is 119 Å². The van der Waals surface area contributed by atoms with Crippen molar-refractivity contribution in [1.82, 2.24) is 0 Å². The van der Waals surface area contributed by atoms with Crippen molar-refractivity contribution in [3.8, 4) is 5.75 Å². The molecule has 4 rings (SSSR count). The number of sulfonamides is 1. The maximum Gasteiger partial charge on any atom is 0.339 e. The Morgan fingerprint density at radius 2 is 1.54 bits per heavy atom. The molecule has 1 N–H and O–H groups in total. The van der Waals surface area contributed by atoms with Gasteiger partial charge in [-0.2, -0.15) is 0 Å². The molecule has 0 aliphatic heterocycles. The summed E-state index contributed by atoms with van der Waals surface area (Å²) in [6, 6.07) is 27.2. The van der Waals surface area contributed by atoms with Gasteiger partial charge in [0, 0.05) is 18.3 Å². The van der Waals surface area contributed by atoms with Gasteiger partial charge in [-0.25, -0.2) is 13.2 Å². The molecule has 10 heteroatoms. The van der Waals surface area contributed by atoms with Crippen molar-refractivity contribution < 1.29 is 27.5 Å². The molecular formula is C29H25ClN2O6S. The fraction of sp³-hybridized carbons (Fsp3) is 0.103. The maximum absolute atomic E-state index is 13.3. The standard InChI is InChI=1S/C29H25ClN2O6S/c1-32(23-13-7-4-8-14-23)39(35,36)24-15-9-12-21(18-24)29(34)38-27(20-10-5-3-6-11-20)28(33)31-22-16-17-26(37-2)25(30)19-22/h3-19,27H,1-2H3,(H,31,33)/t27-/m1/s1. The Hall–Kier alpha value is -4.34. The Balaban J connectivity index is 1.59. The minimum atomic E-state index is -3.97. The van der Waals surface area contributed by atoms with Crippen LogP contribution in [0.5, 0.6) is 5.75 Å². The van der Waals surface area contributed by atoms with Crippen LogP contribution in [0.4, 0.5) is 11.4 Å². The molecule has 0 bridgehead atoms. The lowest BCUT2D eigenvalue weighted by Gasteiger charge is -2.20. The second kappa shape index (κ2) is 12.0. The first-order valence-electron chi connectivity index (χ1n) is 11.7. The van der Waals surface area contributed by atoms with Gasteiger partial charge in [0.2, 0.25) is 6.10 Å². The van der Waals surface area contributed by atoms with Crippen LogP contribution in [0.25, 0.3) is 0 Å². The van der Waals surface area contributed by atoms with Gasteiger partial charge in [-0.05, 0) is 48.5 Å². The van der Waals surface area contributed by atoms with Crippen molar-refractivity contribution in [1.29, 1.82) is 0 Å². The molecule has 39 heavy (non-hydrogen) atoms. The molecule has 0 saturated carbocycles. The summed E-state index contributed by atoms with van der Waals surface area (Å²) in [6.45, 7) is 0. The third-order valence-electron chi connectivity index (χ3n) is 5.83. The smallest absolute Gasteiger partial charge is 0.339 e. The number of nitrogens with zero attached hydrogens (tertiary/aromatic N) is 1. The van der Waals surface area contributed by atoms with Crippen LogP contribution in [0.1, 0.15) is 22.0 Å². The number of halogens is 1. The van der Waals surface area contributed by atoms with Crippen molar-refractivity contribution >= 4 is 44.9 Å². The molecule has 0 fully saturated rings. The first-order chi connectivity index (χ1) is 18.7. The van der Waals surface area contributed by atoms with Crippen LogP contribution in [0.15, 0.2) is 108 Å². The number of rotatable bonds is 9. The van der Waals surface area contributed by atoms with Gasteiger partial charge in [-0.15, -0.1) is 0 Å². The Labute approximate surface area is 231 Å². The molecule has 0 saturated heterocycles. The van der Waals surface area contributed by atoms with Crippen molar-refractivity contribution in [2.24, 2.45) is 0 Å². The molecule has 0 spiro atoms. The molecule has 200 valence electrons. The molecule has 4 aromatic rings. The number of hydrogen-bond acceptors (Lipinski definition) is 6. The van der Waals surface area contributed by atoms with Gasteiger partial charge >= 0.3 is 5.97 Å². The summed E-state index contributed by atoms with van der Waals surface area (Å²) in [7, 11) is -1.07. The molecule has 0 radical (unpaired) electrons. The predicted octanol–water partition coefficient (Wildman–Crippen LogP) is 5.71. The Morgan fingerprint density at radius 1 is 0.872 bits per heavy atom. The van der Waals surface area contributed by atoms with E-state index in [0.717, 1.165) is 4.31 Å². The third kappa shape index (κ3) is 6.39. The maximum atomic E-state index is 13.3. The van der Waals surface area contributed by atoms with Gasteiger partial charge in [0.15, 0.2) is 0 Å². The van der Waals surface area contributed by atoms with Crippen LogP contribution in [-0.4, -0.2) is 34.5 Å². The second-order valence-corrected chi connectivity index (χ2v) is 10.7. The van der Waals surface area contributed by atoms with E-state index >= 15 is 0 Å². The van der Waals surface area contributed by atoms with E-state index in [-0.39, 0.29) is 10.5 Å². The summed E-state index contributed by atoms with van der Waals surface area (Å²) in [5.74, 6) is -1.05. The first kappa shape index (κ1) is 27.7. The van der Waals surface area contributed by atoms with E-state index in [9.17, 15) is 18.0 Å². The zero-order valence-corrected chi connectivity index (χ0v) is 22.6. The summed E-state index contributed by atoms with van der Waals surface area (Å²) in [6.07, 6.45) is -1.33. The van der Waals surface area contributed by atoms with Gasteiger partial charge in [0.1, 0.15) is 5.75 Å². The number of benzene rings is 4. The molecular weight excluding hydrogens is 540 g/mol. The lowest BCUT2D eigenvalue weighted by atomic mass is 10.1. The molecule has 4 aromatic carbocycles. The van der Waals surface area contributed by atoms with Gasteiger partial charge in [0.25, 0.3) is 15.9 Å². The van der Waals surface area contributed by atoms with E-state index in [2.05, 4.69) is 5.32 Å². The first-order valence-corrected chi connectivity index (χ1v) is 13.6. The van der Waals surface area contributed by atoms with Gasteiger partial charge < -0.3 is 14.8 Å². The predicted molar refractivity (Wildman–Crippen MR) is 150 cm³/mol. The zero-order valence-electron chi connectivity index (χ0n) is 21.1. The van der Waals surface area contributed by atoms with Crippen LogP contribution < -0.4 is 14.4 Å². The number of carbonyl (C=O) groups excluding carboxylic acids is 2. The van der Waals surface area contributed by atoms with E-state index in [1.165, 1.54) is 44.5 Å². The van der Waals surface area contributed by atoms with Gasteiger partial charge in [0.05, 0.1) is 28.3 Å². The van der Waals surface area contributed by atoms with E-state index in [4.69, 9.17) is 21.1 Å². The number of anilines is 2. The molecule has 0 aromatic heterocycles. The van der Waals surface area contributed by atoms with E-state index < -0.39 is 28.0 Å². The number of methoxy groups -OCH3 is 1. The minimum absolute atomic E-state index is 0.0289. The minimum Gasteiger partial charge on any atom is -0.495 e. The Morgan fingerprint density at radius 3 is 2.18 bits per heavy atom. The Bertz CT molecular complexity index is 1580. The van der Waals surface area contributed by atoms with Crippen molar-refractivity contribution in [2.75, 3.05) is 23.8 Å². The number of carbonyl (C=O) groups is 2. The molecule has 0 aliphatic carbocycles. The normalized spacial score (nSPS) is 11.8. The number of hydrogen-bond donors (Lipinski definition) is 1. The van der Waals surface area contributed by atoms with Crippen LogP contribution in [-0.2, 0) is 19.6 Å². The van der Waals surface area contributed by atoms with E-state index in [0.29, 0.717) is 27.7 Å². The summed E-state index contributed by atoms with van der Waals surface area (Å²) >= 11 is 6.17. The highest BCUT2D eigenvalue weighted by atomic mass is 35.5. The zero-order chi connectivity index (χ0) is 28.0. The number of amides is 1. The van der Waals surface area contributed by atoms with Crippen LogP contribution in [0, 0.1) is 0 Å². The number of esters is 1. The summed E-state index contributed by atoms with van der Waals surface area (Å²) in [5, 5.41) is 2.99.